The number of hydrogen-bond acceptors (Lipinski definition) is 9. The van der Waals surface area contributed by atoms with Crippen LogP contribution in [0.2, 0.25) is 10.0 Å². The molecule has 0 aliphatic rings. The van der Waals surface area contributed by atoms with Gasteiger partial charge in [-0.1, -0.05) is 28.3 Å². The highest BCUT2D eigenvalue weighted by Gasteiger charge is 2.27. The number of hydrogen-bond donors (Lipinski definition) is 2. The van der Waals surface area contributed by atoms with Crippen LogP contribution in [0.1, 0.15) is 0 Å². The van der Waals surface area contributed by atoms with Crippen molar-refractivity contribution >= 4 is 46.5 Å². The lowest BCUT2D eigenvalue weighted by Crippen LogP contribution is -2.01. The van der Waals surface area contributed by atoms with Gasteiger partial charge in [0.2, 0.25) is 5.78 Å². The van der Waals surface area contributed by atoms with Gasteiger partial charge >= 0.3 is 6.01 Å². The van der Waals surface area contributed by atoms with Gasteiger partial charge in [-0.2, -0.15) is 0 Å². The molecule has 0 unspecified atom stereocenters. The molecule has 0 saturated heterocycles. The van der Waals surface area contributed by atoms with E-state index in [0.29, 0.717) is 39.9 Å². The van der Waals surface area contributed by atoms with Crippen molar-refractivity contribution in [2.45, 2.75) is 0 Å². The molecule has 5 rings (SSSR count). The number of aromatic nitrogens is 5. The topological polar surface area (TPSA) is 112 Å². The molecular weight excluding hydrogens is 512 g/mol. The third kappa shape index (κ3) is 4.12. The van der Waals surface area contributed by atoms with Gasteiger partial charge in [0.15, 0.2) is 0 Å². The number of methoxy groups -OCH3 is 2. The van der Waals surface area contributed by atoms with Crippen LogP contribution in [0.25, 0.3) is 28.5 Å². The summed E-state index contributed by atoms with van der Waals surface area (Å²) in [7, 11) is 4.71. The molecule has 36 heavy (non-hydrogen) atoms. The zero-order valence-electron chi connectivity index (χ0n) is 19.1. The number of benzene rings is 2. The van der Waals surface area contributed by atoms with Gasteiger partial charge in [-0.25, -0.2) is 14.4 Å². The standard InChI is InChI=1S/C23H18Cl2FN7O3/c1-27-23-32-31-21(36-23)13-9-12(34-2)10-16(35-3)17(13)19-20(33-6-4-5-28-22(33)30-19)29-18-14(24)7-11(26)8-15(18)25/h4-10,29H,1-3H3,(H,27,32). The van der Waals surface area contributed by atoms with Crippen LogP contribution in [-0.4, -0.2) is 45.8 Å². The number of anilines is 3. The second-order valence-electron chi connectivity index (χ2n) is 7.38. The number of halogens is 3. The van der Waals surface area contributed by atoms with Crippen LogP contribution in [0.15, 0.2) is 47.1 Å². The SMILES string of the molecule is CNc1nnc(-c2cc(OC)cc(OC)c2-c2nc3ncccn3c2Nc2c(Cl)cc(F)cc2Cl)o1. The first-order chi connectivity index (χ1) is 17.4. The van der Waals surface area contributed by atoms with Crippen LogP contribution in [0.4, 0.5) is 21.9 Å². The summed E-state index contributed by atoms with van der Waals surface area (Å²) in [4.78, 5) is 9.09. The van der Waals surface area contributed by atoms with E-state index < -0.39 is 5.82 Å². The average molecular weight is 530 g/mol. The van der Waals surface area contributed by atoms with Gasteiger partial charge in [-0.05, 0) is 24.3 Å². The van der Waals surface area contributed by atoms with E-state index >= 15 is 0 Å². The summed E-state index contributed by atoms with van der Waals surface area (Å²) in [6.07, 6.45) is 3.37. The third-order valence-corrected chi connectivity index (χ3v) is 5.89. The smallest absolute Gasteiger partial charge is 0.315 e. The summed E-state index contributed by atoms with van der Waals surface area (Å²) < 4.78 is 32.5. The largest absolute Gasteiger partial charge is 0.497 e. The molecule has 0 saturated carbocycles. The van der Waals surface area contributed by atoms with Crippen molar-refractivity contribution in [2.75, 3.05) is 31.9 Å². The minimum atomic E-state index is -0.563. The van der Waals surface area contributed by atoms with Crippen molar-refractivity contribution in [3.63, 3.8) is 0 Å². The average Bonchev–Trinajstić information content (AvgIpc) is 3.50. The first-order valence-electron chi connectivity index (χ1n) is 10.5. The van der Waals surface area contributed by atoms with E-state index in [4.69, 9.17) is 42.1 Å². The number of fused-ring (bicyclic) bond motifs is 1. The predicted octanol–water partition coefficient (Wildman–Crippen LogP) is 5.69. The van der Waals surface area contributed by atoms with E-state index in [1.807, 2.05) is 0 Å². The van der Waals surface area contributed by atoms with Gasteiger partial charge in [0.1, 0.15) is 28.8 Å². The summed E-state index contributed by atoms with van der Waals surface area (Å²) in [6, 6.07) is 7.71. The van der Waals surface area contributed by atoms with Crippen LogP contribution in [0, 0.1) is 5.82 Å². The molecule has 0 aliphatic heterocycles. The molecular formula is C23H18Cl2FN7O3. The molecule has 0 amide bonds. The molecule has 13 heteroatoms. The normalized spacial score (nSPS) is 11.1. The summed E-state index contributed by atoms with van der Waals surface area (Å²) >= 11 is 12.7. The molecule has 0 aliphatic carbocycles. The predicted molar refractivity (Wildman–Crippen MR) is 134 cm³/mol. The van der Waals surface area contributed by atoms with Gasteiger partial charge in [-0.15, -0.1) is 5.10 Å². The first kappa shape index (κ1) is 23.6. The Morgan fingerprint density at radius 1 is 1.06 bits per heavy atom. The number of imidazole rings is 1. The number of nitrogens with zero attached hydrogens (tertiary/aromatic N) is 5. The fraction of sp³-hybridized carbons (Fsp3) is 0.130. The maximum atomic E-state index is 13.8. The van der Waals surface area contributed by atoms with E-state index in [1.54, 1.807) is 42.0 Å². The Morgan fingerprint density at radius 3 is 2.50 bits per heavy atom. The minimum absolute atomic E-state index is 0.0854. The van der Waals surface area contributed by atoms with Crippen LogP contribution in [0.5, 0.6) is 11.5 Å². The lowest BCUT2D eigenvalue weighted by atomic mass is 10.0. The van der Waals surface area contributed by atoms with E-state index in [1.165, 1.54) is 14.2 Å². The molecule has 5 aromatic rings. The first-order valence-corrected chi connectivity index (χ1v) is 11.2. The summed E-state index contributed by atoms with van der Waals surface area (Å²) in [5.74, 6) is 1.35. The third-order valence-electron chi connectivity index (χ3n) is 5.29. The highest BCUT2D eigenvalue weighted by Crippen LogP contribution is 2.46. The van der Waals surface area contributed by atoms with Gasteiger partial charge in [0.25, 0.3) is 5.89 Å². The van der Waals surface area contributed by atoms with Crippen molar-refractivity contribution < 1.29 is 18.3 Å². The molecule has 3 heterocycles. The fourth-order valence-corrected chi connectivity index (χ4v) is 4.23. The maximum Gasteiger partial charge on any atom is 0.315 e. The minimum Gasteiger partial charge on any atom is -0.497 e. The maximum absolute atomic E-state index is 13.8. The van der Waals surface area contributed by atoms with Crippen molar-refractivity contribution in [1.82, 2.24) is 24.6 Å². The zero-order chi connectivity index (χ0) is 25.4. The molecule has 0 radical (unpaired) electrons. The monoisotopic (exact) mass is 529 g/mol. The quantitative estimate of drug-likeness (QED) is 0.274. The molecule has 0 atom stereocenters. The molecule has 0 bridgehead atoms. The summed E-state index contributed by atoms with van der Waals surface area (Å²) in [5.41, 5.74) is 1.69. The second-order valence-corrected chi connectivity index (χ2v) is 8.20. The van der Waals surface area contributed by atoms with E-state index in [0.717, 1.165) is 12.1 Å². The van der Waals surface area contributed by atoms with Crippen LogP contribution in [-0.2, 0) is 0 Å². The molecule has 0 spiro atoms. The van der Waals surface area contributed by atoms with Gasteiger partial charge < -0.3 is 24.5 Å². The van der Waals surface area contributed by atoms with Crippen molar-refractivity contribution in [3.05, 3.63) is 58.6 Å². The Labute approximate surface area is 214 Å². The van der Waals surface area contributed by atoms with Crippen molar-refractivity contribution in [1.29, 1.82) is 0 Å². The molecule has 3 aromatic heterocycles. The molecule has 10 nitrogen and oxygen atoms in total. The van der Waals surface area contributed by atoms with Gasteiger partial charge in [-0.3, -0.25) is 4.40 Å². The molecule has 0 fully saturated rings. The van der Waals surface area contributed by atoms with E-state index in [2.05, 4.69) is 25.8 Å². The van der Waals surface area contributed by atoms with Crippen LogP contribution >= 0.6 is 23.2 Å². The number of rotatable bonds is 7. The Kier molecular flexibility index (Phi) is 6.25. The lowest BCUT2D eigenvalue weighted by Gasteiger charge is -2.16. The van der Waals surface area contributed by atoms with E-state index in [9.17, 15) is 4.39 Å². The molecule has 2 N–H and O–H groups in total. The highest BCUT2D eigenvalue weighted by molar-refractivity contribution is 6.39. The fourth-order valence-electron chi connectivity index (χ4n) is 3.68. The summed E-state index contributed by atoms with van der Waals surface area (Å²) in [6.45, 7) is 0. The Bertz CT molecular complexity index is 1560. The van der Waals surface area contributed by atoms with Gasteiger partial charge in [0.05, 0.1) is 41.1 Å². The Balaban J connectivity index is 1.81. The number of nitrogens with one attached hydrogen (secondary N) is 2. The van der Waals surface area contributed by atoms with Crippen molar-refractivity contribution in [2.24, 2.45) is 0 Å². The highest BCUT2D eigenvalue weighted by atomic mass is 35.5. The van der Waals surface area contributed by atoms with Crippen molar-refractivity contribution in [3.8, 4) is 34.2 Å². The zero-order valence-corrected chi connectivity index (χ0v) is 20.6. The summed E-state index contributed by atoms with van der Waals surface area (Å²) in [5, 5.41) is 14.3. The van der Waals surface area contributed by atoms with E-state index in [-0.39, 0.29) is 27.6 Å². The second kappa shape index (κ2) is 9.51. The Morgan fingerprint density at radius 2 is 1.83 bits per heavy atom. The van der Waals surface area contributed by atoms with Crippen LogP contribution in [0.3, 0.4) is 0 Å². The Hall–Kier alpha value is -4.09. The van der Waals surface area contributed by atoms with Gasteiger partial charge in [0, 0.05) is 25.5 Å². The molecule has 184 valence electrons. The number of ether oxygens (including phenoxy) is 2. The molecule has 2 aromatic carbocycles. The van der Waals surface area contributed by atoms with Crippen LogP contribution < -0.4 is 20.1 Å². The lowest BCUT2D eigenvalue weighted by molar-refractivity contribution is 0.395.